The van der Waals surface area contributed by atoms with Crippen LogP contribution in [0.15, 0.2) is 39.9 Å². The number of piperidine rings is 1. The van der Waals surface area contributed by atoms with Crippen molar-refractivity contribution in [3.8, 4) is 0 Å². The molecule has 1 aliphatic carbocycles. The molecule has 1 aromatic carbocycles. The van der Waals surface area contributed by atoms with Crippen LogP contribution in [0.2, 0.25) is 0 Å². The molecule has 3 heterocycles. The fourth-order valence-corrected chi connectivity index (χ4v) is 5.24. The topological polar surface area (TPSA) is 49.8 Å². The van der Waals surface area contributed by atoms with Gasteiger partial charge in [0.1, 0.15) is 11.4 Å². The Labute approximate surface area is 155 Å². The second-order valence-corrected chi connectivity index (χ2v) is 8.49. The number of rotatable bonds is 2. The Morgan fingerprint density at radius 2 is 2.36 bits per heavy atom. The van der Waals surface area contributed by atoms with Gasteiger partial charge in [0.2, 0.25) is 0 Å². The molecule has 5 rings (SSSR count). The molecule has 3 atom stereocenters. The third-order valence-electron chi connectivity index (χ3n) is 6.21. The summed E-state index contributed by atoms with van der Waals surface area (Å²) in [5.41, 5.74) is 0.301. The van der Waals surface area contributed by atoms with Crippen LogP contribution < -0.4 is 5.32 Å². The first-order valence-electron chi connectivity index (χ1n) is 8.76. The second-order valence-electron chi connectivity index (χ2n) is 7.63. The lowest BCUT2D eigenvalue weighted by Gasteiger charge is -2.39. The first-order valence-corrected chi connectivity index (χ1v) is 9.56. The maximum atomic E-state index is 6.37. The van der Waals surface area contributed by atoms with E-state index in [0.717, 1.165) is 27.6 Å². The molecule has 2 aromatic rings. The van der Waals surface area contributed by atoms with Crippen LogP contribution in [0.25, 0.3) is 10.8 Å². The number of ether oxygens (including phenoxy) is 1. The molecule has 5 nitrogen and oxygen atoms in total. The average Bonchev–Trinajstić information content (AvgIpc) is 3.35. The molecule has 2 unspecified atom stereocenters. The number of hydrogen-bond acceptors (Lipinski definition) is 4. The highest BCUT2D eigenvalue weighted by Gasteiger charge is 2.75. The van der Waals surface area contributed by atoms with E-state index in [1.54, 1.807) is 7.05 Å². The molecule has 1 aromatic heterocycles. The van der Waals surface area contributed by atoms with Gasteiger partial charge in [-0.15, -0.1) is 0 Å². The van der Waals surface area contributed by atoms with Crippen molar-refractivity contribution in [1.29, 1.82) is 0 Å². The third kappa shape index (κ3) is 2.23. The van der Waals surface area contributed by atoms with Crippen LogP contribution >= 0.6 is 15.9 Å². The molecule has 1 saturated carbocycles. The molecular formula is C19H21BrN4O. The van der Waals surface area contributed by atoms with Crippen molar-refractivity contribution in [3.05, 3.63) is 34.9 Å². The highest BCUT2D eigenvalue weighted by atomic mass is 79.9. The van der Waals surface area contributed by atoms with Gasteiger partial charge in [0, 0.05) is 53.0 Å². The van der Waals surface area contributed by atoms with Crippen molar-refractivity contribution in [2.45, 2.75) is 30.9 Å². The van der Waals surface area contributed by atoms with Gasteiger partial charge in [0.05, 0.1) is 0 Å². The van der Waals surface area contributed by atoms with Crippen molar-refractivity contribution in [1.82, 2.24) is 9.88 Å². The van der Waals surface area contributed by atoms with Crippen molar-refractivity contribution >= 4 is 38.5 Å². The summed E-state index contributed by atoms with van der Waals surface area (Å²) < 4.78 is 7.42. The monoisotopic (exact) mass is 400 g/mol. The molecule has 2 saturated heterocycles. The van der Waals surface area contributed by atoms with Gasteiger partial charge in [0.25, 0.3) is 6.02 Å². The Hall–Kier alpha value is -1.66. The number of pyridine rings is 1. The van der Waals surface area contributed by atoms with Gasteiger partial charge in [-0.1, -0.05) is 28.1 Å². The molecule has 2 aliphatic heterocycles. The molecule has 0 radical (unpaired) electrons. The summed E-state index contributed by atoms with van der Waals surface area (Å²) in [6, 6.07) is 8.67. The van der Waals surface area contributed by atoms with Gasteiger partial charge in [-0.05, 0) is 31.9 Å². The van der Waals surface area contributed by atoms with Crippen LogP contribution in [0.4, 0.5) is 5.82 Å². The summed E-state index contributed by atoms with van der Waals surface area (Å²) in [7, 11) is 1.76. The molecule has 6 heteroatoms. The minimum atomic E-state index is -0.157. The summed E-state index contributed by atoms with van der Waals surface area (Å²) in [6.45, 7) is 4.43. The summed E-state index contributed by atoms with van der Waals surface area (Å²) in [5, 5.41) is 5.48. The lowest BCUT2D eigenvalue weighted by atomic mass is 9.99. The Kier molecular flexibility index (Phi) is 3.23. The molecular weight excluding hydrogens is 380 g/mol. The van der Waals surface area contributed by atoms with Crippen molar-refractivity contribution in [3.63, 3.8) is 0 Å². The molecule has 0 amide bonds. The number of benzene rings is 1. The number of aliphatic imine (C=N–C) groups is 1. The first-order chi connectivity index (χ1) is 12.0. The highest BCUT2D eigenvalue weighted by molar-refractivity contribution is 9.10. The number of nitrogens with one attached hydrogen (secondary N) is 1. The number of aromatic nitrogens is 1. The summed E-state index contributed by atoms with van der Waals surface area (Å²) in [5.74, 6) is 1.38. The van der Waals surface area contributed by atoms with Gasteiger partial charge >= 0.3 is 0 Å². The van der Waals surface area contributed by atoms with Gasteiger partial charge in [0.15, 0.2) is 0 Å². The van der Waals surface area contributed by atoms with E-state index in [2.05, 4.69) is 49.1 Å². The Morgan fingerprint density at radius 3 is 3.00 bits per heavy atom. The summed E-state index contributed by atoms with van der Waals surface area (Å²) >= 11 is 3.60. The summed E-state index contributed by atoms with van der Waals surface area (Å²) in [4.78, 5) is 11.4. The van der Waals surface area contributed by atoms with Gasteiger partial charge < -0.3 is 4.74 Å². The Balaban J connectivity index is 1.37. The number of nitrogens with zero attached hydrogens (tertiary/aromatic N) is 3. The summed E-state index contributed by atoms with van der Waals surface area (Å²) in [6.07, 6.45) is 4.46. The predicted octanol–water partition coefficient (Wildman–Crippen LogP) is 3.65. The minimum absolute atomic E-state index is 0.157. The van der Waals surface area contributed by atoms with E-state index < -0.39 is 0 Å². The molecule has 1 N–H and O–H groups in total. The Morgan fingerprint density at radius 1 is 1.48 bits per heavy atom. The average molecular weight is 401 g/mol. The van der Waals surface area contributed by atoms with E-state index in [1.165, 1.54) is 19.4 Å². The molecule has 1 spiro atoms. The van der Waals surface area contributed by atoms with E-state index in [0.29, 0.717) is 17.5 Å². The lowest BCUT2D eigenvalue weighted by Crippen LogP contribution is -2.49. The number of amidine groups is 1. The van der Waals surface area contributed by atoms with Crippen LogP contribution in [0.1, 0.15) is 19.8 Å². The number of hydrogen-bond donors (Lipinski definition) is 1. The normalized spacial score (nSPS) is 33.6. The first kappa shape index (κ1) is 15.6. The lowest BCUT2D eigenvalue weighted by molar-refractivity contribution is 0.0362. The number of anilines is 1. The maximum Gasteiger partial charge on any atom is 0.290 e. The van der Waals surface area contributed by atoms with E-state index in [1.807, 2.05) is 24.4 Å². The van der Waals surface area contributed by atoms with Crippen LogP contribution in [0.3, 0.4) is 0 Å². The molecule has 3 aliphatic rings. The fourth-order valence-electron chi connectivity index (χ4n) is 4.75. The van der Waals surface area contributed by atoms with E-state index in [4.69, 9.17) is 4.74 Å². The Bertz CT molecular complexity index is 900. The van der Waals surface area contributed by atoms with E-state index in [9.17, 15) is 0 Å². The zero-order valence-electron chi connectivity index (χ0n) is 14.4. The van der Waals surface area contributed by atoms with E-state index >= 15 is 0 Å². The predicted molar refractivity (Wildman–Crippen MR) is 103 cm³/mol. The number of fused-ring (bicyclic) bond motifs is 1. The molecule has 130 valence electrons. The zero-order chi connectivity index (χ0) is 17.2. The van der Waals surface area contributed by atoms with Crippen LogP contribution in [0, 0.1) is 5.92 Å². The van der Waals surface area contributed by atoms with Gasteiger partial charge in [-0.2, -0.15) is 0 Å². The smallest absolute Gasteiger partial charge is 0.290 e. The highest BCUT2D eigenvalue weighted by Crippen LogP contribution is 2.67. The SMILES string of the molecule is CN=C(Nc1cc2c(Br)cccc2cn1)O[C@@]1(C)CN2CCC23CC31. The van der Waals surface area contributed by atoms with Crippen molar-refractivity contribution in [2.24, 2.45) is 10.9 Å². The maximum absolute atomic E-state index is 6.37. The van der Waals surface area contributed by atoms with Crippen LogP contribution in [0.5, 0.6) is 0 Å². The second kappa shape index (κ2) is 5.17. The zero-order valence-corrected chi connectivity index (χ0v) is 16.0. The van der Waals surface area contributed by atoms with Gasteiger partial charge in [-0.3, -0.25) is 10.2 Å². The van der Waals surface area contributed by atoms with E-state index in [-0.39, 0.29) is 5.60 Å². The van der Waals surface area contributed by atoms with Crippen molar-refractivity contribution < 1.29 is 4.74 Å². The van der Waals surface area contributed by atoms with Crippen LogP contribution in [-0.4, -0.2) is 47.2 Å². The molecule has 25 heavy (non-hydrogen) atoms. The quantitative estimate of drug-likeness (QED) is 0.617. The fraction of sp³-hybridized carbons (Fsp3) is 0.474. The minimum Gasteiger partial charge on any atom is -0.457 e. The number of halogens is 1. The molecule has 0 bridgehead atoms. The third-order valence-corrected chi connectivity index (χ3v) is 6.90. The van der Waals surface area contributed by atoms with Crippen LogP contribution in [-0.2, 0) is 4.74 Å². The molecule has 3 fully saturated rings. The van der Waals surface area contributed by atoms with Gasteiger partial charge in [-0.25, -0.2) is 9.98 Å². The van der Waals surface area contributed by atoms with Crippen molar-refractivity contribution in [2.75, 3.05) is 25.5 Å². The largest absolute Gasteiger partial charge is 0.457 e. The standard InChI is InChI=1S/C19H21BrN4O/c1-18(11-24-7-6-19(24)9-15(18)19)25-17(21-2)23-16-8-13-12(10-22-16)4-3-5-14(13)20/h3-5,8,10,15H,6-7,9,11H2,1-2H3,(H,21,22,23)/t15?,18-,19?/m0/s1.